The normalized spacial score (nSPS) is 13.0. The molecule has 6 nitrogen and oxygen atoms in total. The van der Waals surface area contributed by atoms with Gasteiger partial charge in [-0.2, -0.15) is 18.2 Å². The van der Waals surface area contributed by atoms with Crippen LogP contribution in [0.1, 0.15) is 16.8 Å². The van der Waals surface area contributed by atoms with Gasteiger partial charge < -0.3 is 14.5 Å². The maximum Gasteiger partial charge on any atom is 0.417 e. The molecule has 1 aromatic carbocycles. The number of methoxy groups -OCH3 is 2. The number of imidazole rings is 1. The van der Waals surface area contributed by atoms with E-state index in [2.05, 4.69) is 15.0 Å². The number of aromatic amines is 1. The number of hydrogen-bond donors (Lipinski definition) is 1. The fourth-order valence-electron chi connectivity index (χ4n) is 2.70. The highest BCUT2D eigenvalue weighted by Crippen LogP contribution is 2.38. The quantitative estimate of drug-likeness (QED) is 0.709. The first-order valence-corrected chi connectivity index (χ1v) is 9.09. The van der Waals surface area contributed by atoms with Crippen molar-refractivity contribution in [2.75, 3.05) is 14.2 Å². The summed E-state index contributed by atoms with van der Waals surface area (Å²) in [6.45, 7) is 1.71. The second-order valence-corrected chi connectivity index (χ2v) is 7.04. The Hall–Kier alpha value is -2.62. The Balaban J connectivity index is 2.14. The van der Waals surface area contributed by atoms with Crippen molar-refractivity contribution in [1.29, 1.82) is 0 Å². The minimum Gasteiger partial charge on any atom is -0.496 e. The number of alkyl halides is 3. The van der Waals surface area contributed by atoms with Crippen molar-refractivity contribution in [3.05, 3.63) is 41.2 Å². The highest BCUT2D eigenvalue weighted by molar-refractivity contribution is 7.84. The van der Waals surface area contributed by atoms with E-state index in [9.17, 15) is 17.4 Å². The van der Waals surface area contributed by atoms with Crippen LogP contribution in [0, 0.1) is 6.92 Å². The van der Waals surface area contributed by atoms with Crippen LogP contribution in [0.3, 0.4) is 0 Å². The number of halogens is 3. The van der Waals surface area contributed by atoms with Gasteiger partial charge in [0.15, 0.2) is 0 Å². The van der Waals surface area contributed by atoms with Gasteiger partial charge in [-0.25, -0.2) is 0 Å². The first-order valence-electron chi connectivity index (χ1n) is 7.77. The summed E-state index contributed by atoms with van der Waals surface area (Å²) in [6, 6.07) is 3.79. The molecule has 2 aromatic heterocycles. The van der Waals surface area contributed by atoms with Gasteiger partial charge in [0.25, 0.3) is 6.01 Å². The Morgan fingerprint density at radius 1 is 1.19 bits per heavy atom. The van der Waals surface area contributed by atoms with Crippen molar-refractivity contribution in [3.8, 4) is 11.8 Å². The Labute approximate surface area is 155 Å². The van der Waals surface area contributed by atoms with Crippen LogP contribution in [0.15, 0.2) is 29.3 Å². The lowest BCUT2D eigenvalue weighted by Crippen LogP contribution is -2.12. The van der Waals surface area contributed by atoms with Crippen molar-refractivity contribution in [1.82, 2.24) is 15.0 Å². The van der Waals surface area contributed by atoms with Crippen LogP contribution in [-0.4, -0.2) is 33.4 Å². The molecule has 0 saturated heterocycles. The van der Waals surface area contributed by atoms with Crippen LogP contribution in [0.5, 0.6) is 11.8 Å². The molecule has 144 valence electrons. The van der Waals surface area contributed by atoms with E-state index in [0.717, 1.165) is 6.07 Å². The number of rotatable bonds is 5. The average molecular weight is 399 g/mol. The second-order valence-electron chi connectivity index (χ2n) is 5.66. The molecule has 27 heavy (non-hydrogen) atoms. The van der Waals surface area contributed by atoms with Crippen LogP contribution in [0.2, 0.25) is 0 Å². The molecule has 0 spiro atoms. The summed E-state index contributed by atoms with van der Waals surface area (Å²) >= 11 is 0. The molecule has 0 amide bonds. The number of nitrogens with zero attached hydrogens (tertiary/aromatic N) is 2. The van der Waals surface area contributed by atoms with E-state index >= 15 is 0 Å². The predicted molar refractivity (Wildman–Crippen MR) is 93.3 cm³/mol. The van der Waals surface area contributed by atoms with Crippen molar-refractivity contribution in [2.24, 2.45) is 0 Å². The minimum absolute atomic E-state index is 0.0401. The van der Waals surface area contributed by atoms with Crippen molar-refractivity contribution >= 4 is 21.8 Å². The van der Waals surface area contributed by atoms with Crippen molar-refractivity contribution < 1.29 is 26.9 Å². The third-order valence-electron chi connectivity index (χ3n) is 4.06. The number of nitrogens with one attached hydrogen (secondary N) is 1. The molecule has 0 aliphatic carbocycles. The zero-order chi connectivity index (χ0) is 19.8. The van der Waals surface area contributed by atoms with Crippen LogP contribution in [0.4, 0.5) is 13.2 Å². The van der Waals surface area contributed by atoms with Crippen molar-refractivity contribution in [3.63, 3.8) is 0 Å². The third kappa shape index (κ3) is 3.61. The van der Waals surface area contributed by atoms with E-state index in [1.165, 1.54) is 26.5 Å². The Morgan fingerprint density at radius 2 is 1.93 bits per heavy atom. The van der Waals surface area contributed by atoms with Gasteiger partial charge in [0, 0.05) is 11.8 Å². The highest BCUT2D eigenvalue weighted by atomic mass is 32.2. The number of H-pyrrole nitrogens is 1. The maximum absolute atomic E-state index is 13.5. The lowest BCUT2D eigenvalue weighted by Gasteiger charge is -2.14. The number of aromatic nitrogens is 3. The summed E-state index contributed by atoms with van der Waals surface area (Å²) < 4.78 is 63.7. The molecule has 10 heteroatoms. The van der Waals surface area contributed by atoms with Crippen LogP contribution in [0.25, 0.3) is 11.0 Å². The van der Waals surface area contributed by atoms with Gasteiger partial charge in [-0.1, -0.05) is 0 Å². The summed E-state index contributed by atoms with van der Waals surface area (Å²) in [5.74, 6) is 0.313. The van der Waals surface area contributed by atoms with Gasteiger partial charge in [-0.3, -0.25) is 9.19 Å². The maximum atomic E-state index is 13.5. The zero-order valence-electron chi connectivity index (χ0n) is 14.7. The second kappa shape index (κ2) is 7.18. The van der Waals surface area contributed by atoms with E-state index < -0.39 is 27.4 Å². The molecule has 3 rings (SSSR count). The molecule has 3 aromatic rings. The average Bonchev–Trinajstić information content (AvgIpc) is 3.05. The summed E-state index contributed by atoms with van der Waals surface area (Å²) in [7, 11) is 0.757. The Bertz CT molecular complexity index is 1020. The molecule has 1 N–H and O–H groups in total. The van der Waals surface area contributed by atoms with Gasteiger partial charge in [-0.05, 0) is 25.1 Å². The summed E-state index contributed by atoms with van der Waals surface area (Å²) in [4.78, 5) is 10.5. The van der Waals surface area contributed by atoms with E-state index in [1.54, 1.807) is 13.0 Å². The van der Waals surface area contributed by atoms with Gasteiger partial charge in [0.1, 0.15) is 11.3 Å². The zero-order valence-corrected chi connectivity index (χ0v) is 15.5. The van der Waals surface area contributed by atoms with E-state index in [-0.39, 0.29) is 17.3 Å². The van der Waals surface area contributed by atoms with E-state index in [4.69, 9.17) is 9.47 Å². The topological polar surface area (TPSA) is 77.1 Å². The predicted octanol–water partition coefficient (Wildman–Crippen LogP) is 3.61. The van der Waals surface area contributed by atoms with E-state index in [0.29, 0.717) is 22.5 Å². The van der Waals surface area contributed by atoms with Gasteiger partial charge >= 0.3 is 6.18 Å². The molecule has 0 bridgehead atoms. The fraction of sp³-hybridized carbons (Fsp3) is 0.294. The first-order chi connectivity index (χ1) is 12.8. The monoisotopic (exact) mass is 399 g/mol. The Kier molecular flexibility index (Phi) is 5.09. The summed E-state index contributed by atoms with van der Waals surface area (Å²) in [6.07, 6.45) is -3.22. The largest absolute Gasteiger partial charge is 0.496 e. The van der Waals surface area contributed by atoms with Gasteiger partial charge in [0.05, 0.1) is 52.4 Å². The fourth-order valence-corrected chi connectivity index (χ4v) is 4.18. The minimum atomic E-state index is -4.68. The number of benzene rings is 1. The van der Waals surface area contributed by atoms with Crippen molar-refractivity contribution in [2.45, 2.75) is 23.7 Å². The molecule has 1 unspecified atom stereocenters. The summed E-state index contributed by atoms with van der Waals surface area (Å²) in [5.41, 5.74) is 0.274. The molecular formula is C17H16F3N3O3S. The molecule has 0 radical (unpaired) electrons. The molecule has 0 aliphatic heterocycles. The van der Waals surface area contributed by atoms with Crippen LogP contribution in [-0.2, 0) is 22.7 Å². The van der Waals surface area contributed by atoms with E-state index in [1.807, 2.05) is 0 Å². The standard InChI is InChI=1S/C17H16F3N3O3S/c1-9-12(21-7-6-13(9)25-2)8-27(24)15-10(17(18,19)20)4-5-11-14(15)23-16(22-11)26-3/h4-7H,8H2,1-3H3,(H,22,23). The third-order valence-corrected chi connectivity index (χ3v) is 5.46. The van der Waals surface area contributed by atoms with Gasteiger partial charge in [-0.15, -0.1) is 0 Å². The molecule has 1 atom stereocenters. The highest BCUT2D eigenvalue weighted by Gasteiger charge is 2.37. The summed E-state index contributed by atoms with van der Waals surface area (Å²) in [5, 5.41) is 0. The lowest BCUT2D eigenvalue weighted by atomic mass is 10.2. The number of fused-ring (bicyclic) bond motifs is 1. The molecule has 0 fully saturated rings. The molecule has 0 saturated carbocycles. The number of ether oxygens (including phenoxy) is 2. The van der Waals surface area contributed by atoms with Crippen LogP contribution < -0.4 is 9.47 Å². The molecule has 0 aliphatic rings. The smallest absolute Gasteiger partial charge is 0.417 e. The Morgan fingerprint density at radius 3 is 2.56 bits per heavy atom. The molecular weight excluding hydrogens is 383 g/mol. The van der Waals surface area contributed by atoms with Gasteiger partial charge in [0.2, 0.25) is 0 Å². The molecule has 2 heterocycles. The first kappa shape index (κ1) is 19.2. The lowest BCUT2D eigenvalue weighted by molar-refractivity contribution is -0.139. The number of hydrogen-bond acceptors (Lipinski definition) is 5. The van der Waals surface area contributed by atoms with Crippen LogP contribution >= 0.6 is 0 Å². The SMILES string of the molecule is COc1nc2c(S(=O)Cc3nccc(OC)c3C)c(C(F)(F)F)ccc2[nH]1. The number of pyridine rings is 1.